The molecule has 114 valence electrons. The molecular weight excluding hydrogens is 288 g/mol. The summed E-state index contributed by atoms with van der Waals surface area (Å²) in [6.07, 6.45) is 3.75. The van der Waals surface area contributed by atoms with Crippen molar-refractivity contribution in [1.29, 1.82) is 0 Å². The lowest BCUT2D eigenvalue weighted by Crippen LogP contribution is -2.54. The fourth-order valence-electron chi connectivity index (χ4n) is 2.38. The first-order chi connectivity index (χ1) is 9.40. The molecule has 3 atom stereocenters. The lowest BCUT2D eigenvalue weighted by Gasteiger charge is -2.35. The minimum absolute atomic E-state index is 0.442. The maximum Gasteiger partial charge on any atom is 0.185 e. The van der Waals surface area contributed by atoms with Gasteiger partial charge in [-0.15, -0.1) is 0 Å². The number of hydrogen-bond acceptors (Lipinski definition) is 2. The molecule has 4 N–H and O–H groups in total. The van der Waals surface area contributed by atoms with Gasteiger partial charge in [-0.25, -0.2) is 0 Å². The highest BCUT2D eigenvalue weighted by molar-refractivity contribution is 7.80. The fourth-order valence-corrected chi connectivity index (χ4v) is 2.70. The second-order valence-corrected chi connectivity index (χ2v) is 6.55. The maximum absolute atomic E-state index is 5.29. The van der Waals surface area contributed by atoms with Gasteiger partial charge < -0.3 is 10.6 Å². The molecule has 1 rings (SSSR count). The van der Waals surface area contributed by atoms with E-state index in [0.717, 1.165) is 11.5 Å². The Morgan fingerprint density at radius 3 is 2.45 bits per heavy atom. The molecule has 0 spiro atoms. The molecule has 0 aromatic carbocycles. The van der Waals surface area contributed by atoms with Crippen LogP contribution in [0.15, 0.2) is 12.2 Å². The van der Waals surface area contributed by atoms with Crippen molar-refractivity contribution in [2.75, 3.05) is 6.54 Å². The van der Waals surface area contributed by atoms with E-state index in [2.05, 4.69) is 41.9 Å². The number of rotatable bonds is 3. The zero-order valence-corrected chi connectivity index (χ0v) is 14.2. The van der Waals surface area contributed by atoms with Gasteiger partial charge in [0.2, 0.25) is 0 Å². The highest BCUT2D eigenvalue weighted by Crippen LogP contribution is 2.29. The molecular formula is C14H26N4S2. The van der Waals surface area contributed by atoms with E-state index in [1.807, 2.05) is 6.92 Å². The first-order valence-corrected chi connectivity index (χ1v) is 7.96. The summed E-state index contributed by atoms with van der Waals surface area (Å²) >= 11 is 10.4. The first-order valence-electron chi connectivity index (χ1n) is 7.15. The van der Waals surface area contributed by atoms with E-state index < -0.39 is 0 Å². The molecule has 20 heavy (non-hydrogen) atoms. The van der Waals surface area contributed by atoms with Crippen molar-refractivity contribution in [3.05, 3.63) is 12.2 Å². The minimum Gasteiger partial charge on any atom is -0.358 e. The lowest BCUT2D eigenvalue weighted by atomic mass is 9.78. The van der Waals surface area contributed by atoms with Gasteiger partial charge >= 0.3 is 0 Å². The molecule has 0 amide bonds. The van der Waals surface area contributed by atoms with E-state index in [1.165, 1.54) is 19.3 Å². The molecule has 0 aliphatic heterocycles. The molecule has 1 fully saturated rings. The van der Waals surface area contributed by atoms with Gasteiger partial charge in [0.05, 0.1) is 0 Å². The van der Waals surface area contributed by atoms with E-state index in [4.69, 9.17) is 24.4 Å². The Labute approximate surface area is 133 Å². The maximum atomic E-state index is 5.29. The molecule has 4 nitrogen and oxygen atoms in total. The summed E-state index contributed by atoms with van der Waals surface area (Å²) in [6.45, 7) is 11.0. The van der Waals surface area contributed by atoms with E-state index in [0.29, 0.717) is 28.7 Å². The van der Waals surface area contributed by atoms with Gasteiger partial charge in [-0.1, -0.05) is 38.8 Å². The third kappa shape index (κ3) is 6.05. The van der Waals surface area contributed by atoms with Crippen molar-refractivity contribution < 1.29 is 0 Å². The van der Waals surface area contributed by atoms with Crippen LogP contribution in [0, 0.1) is 11.8 Å². The Balaban J connectivity index is 2.26. The summed E-state index contributed by atoms with van der Waals surface area (Å²) in [6, 6.07) is 0.442. The quantitative estimate of drug-likeness (QED) is 0.364. The first kappa shape index (κ1) is 17.2. The van der Waals surface area contributed by atoms with Gasteiger partial charge in [-0.2, -0.15) is 0 Å². The molecule has 0 saturated heterocycles. The monoisotopic (exact) mass is 314 g/mol. The van der Waals surface area contributed by atoms with Crippen LogP contribution in [0.25, 0.3) is 0 Å². The number of nitrogens with one attached hydrogen (secondary N) is 4. The molecule has 1 saturated carbocycles. The van der Waals surface area contributed by atoms with Crippen molar-refractivity contribution >= 4 is 34.7 Å². The lowest BCUT2D eigenvalue weighted by molar-refractivity contribution is 0.224. The van der Waals surface area contributed by atoms with Crippen LogP contribution < -0.4 is 21.5 Å². The van der Waals surface area contributed by atoms with E-state index in [-0.39, 0.29) is 0 Å². The van der Waals surface area contributed by atoms with Crippen molar-refractivity contribution in [1.82, 2.24) is 21.5 Å². The Morgan fingerprint density at radius 1 is 1.15 bits per heavy atom. The third-order valence-corrected chi connectivity index (χ3v) is 4.33. The van der Waals surface area contributed by atoms with Crippen LogP contribution in [0.5, 0.6) is 0 Å². The second-order valence-electron chi connectivity index (χ2n) is 5.74. The molecule has 0 heterocycles. The minimum atomic E-state index is 0.442. The number of thiocarbonyl (C=S) groups is 2. The Morgan fingerprint density at radius 2 is 1.80 bits per heavy atom. The Kier molecular flexibility index (Phi) is 7.23. The molecule has 0 bridgehead atoms. The molecule has 1 aliphatic carbocycles. The van der Waals surface area contributed by atoms with Crippen LogP contribution in [0.3, 0.4) is 0 Å². The van der Waals surface area contributed by atoms with Crippen molar-refractivity contribution in [3.63, 3.8) is 0 Å². The molecule has 0 aromatic heterocycles. The summed E-state index contributed by atoms with van der Waals surface area (Å²) in [5, 5.41) is 7.51. The zero-order chi connectivity index (χ0) is 15.1. The predicted molar refractivity (Wildman–Crippen MR) is 93.4 cm³/mol. The summed E-state index contributed by atoms with van der Waals surface area (Å²) in [5.41, 5.74) is 6.83. The second kappa shape index (κ2) is 8.42. The van der Waals surface area contributed by atoms with E-state index >= 15 is 0 Å². The van der Waals surface area contributed by atoms with E-state index in [1.54, 1.807) is 0 Å². The van der Waals surface area contributed by atoms with Gasteiger partial charge in [0.15, 0.2) is 10.2 Å². The van der Waals surface area contributed by atoms with Gasteiger partial charge in [0, 0.05) is 12.6 Å². The average Bonchev–Trinajstić information content (AvgIpc) is 2.39. The van der Waals surface area contributed by atoms with E-state index in [9.17, 15) is 0 Å². The van der Waals surface area contributed by atoms with Crippen molar-refractivity contribution in [2.45, 2.75) is 46.1 Å². The molecule has 0 radical (unpaired) electrons. The van der Waals surface area contributed by atoms with Gasteiger partial charge in [0.25, 0.3) is 0 Å². The SMILES string of the molecule is C=C(C)CNC(=S)NNC(=S)NC1CCCC(C)C1C. The number of hydrazine groups is 1. The molecule has 1 aliphatic rings. The van der Waals surface area contributed by atoms with Crippen molar-refractivity contribution in [2.24, 2.45) is 11.8 Å². The zero-order valence-electron chi connectivity index (χ0n) is 12.6. The number of hydrogen-bond donors (Lipinski definition) is 4. The average molecular weight is 315 g/mol. The van der Waals surface area contributed by atoms with Crippen LogP contribution in [-0.2, 0) is 0 Å². The Bertz CT molecular complexity index is 370. The van der Waals surface area contributed by atoms with Crippen LogP contribution in [0.1, 0.15) is 40.0 Å². The molecule has 0 aromatic rings. The summed E-state index contributed by atoms with van der Waals surface area (Å²) in [4.78, 5) is 0. The van der Waals surface area contributed by atoms with Crippen LogP contribution >= 0.6 is 24.4 Å². The van der Waals surface area contributed by atoms with Gasteiger partial charge in [-0.05, 0) is 49.6 Å². The van der Waals surface area contributed by atoms with Crippen molar-refractivity contribution in [3.8, 4) is 0 Å². The fraction of sp³-hybridized carbons (Fsp3) is 0.714. The third-order valence-electron chi connectivity index (χ3n) is 3.86. The predicted octanol–water partition coefficient (Wildman–Crippen LogP) is 2.23. The summed E-state index contributed by atoms with van der Waals surface area (Å²) in [5.74, 6) is 1.38. The Hall–Kier alpha value is -0.880. The largest absolute Gasteiger partial charge is 0.358 e. The van der Waals surface area contributed by atoms with Crippen LogP contribution in [0.2, 0.25) is 0 Å². The highest BCUT2D eigenvalue weighted by Gasteiger charge is 2.27. The topological polar surface area (TPSA) is 48.1 Å². The molecule has 3 unspecified atom stereocenters. The summed E-state index contributed by atoms with van der Waals surface area (Å²) in [7, 11) is 0. The van der Waals surface area contributed by atoms with Crippen LogP contribution in [-0.4, -0.2) is 22.8 Å². The highest BCUT2D eigenvalue weighted by atomic mass is 32.1. The van der Waals surface area contributed by atoms with Gasteiger partial charge in [-0.3, -0.25) is 10.9 Å². The smallest absolute Gasteiger partial charge is 0.185 e. The normalized spacial score (nSPS) is 25.4. The standard InChI is InChI=1S/C14H26N4S2/c1-9(2)8-15-13(19)17-18-14(20)16-12-7-5-6-10(3)11(12)4/h10-12H,1,5-8H2,2-4H3,(H2,15,17,19)(H2,16,18,20). The molecule has 6 heteroatoms. The summed E-state index contributed by atoms with van der Waals surface area (Å²) < 4.78 is 0. The van der Waals surface area contributed by atoms with Crippen LogP contribution in [0.4, 0.5) is 0 Å². The van der Waals surface area contributed by atoms with Gasteiger partial charge in [0.1, 0.15) is 0 Å².